The highest BCUT2D eigenvalue weighted by molar-refractivity contribution is 7.99. The van der Waals surface area contributed by atoms with Gasteiger partial charge in [0.25, 0.3) is 0 Å². The fraction of sp³-hybridized carbons (Fsp3) is 0.364. The van der Waals surface area contributed by atoms with Gasteiger partial charge >= 0.3 is 12.3 Å². The molecule has 4 nitrogen and oxygen atoms in total. The molecule has 0 unspecified atom stereocenters. The molecule has 0 saturated carbocycles. The van der Waals surface area contributed by atoms with Crippen molar-refractivity contribution >= 4 is 17.7 Å². The number of thioether (sulfide) groups is 1. The molecule has 1 saturated heterocycles. The van der Waals surface area contributed by atoms with E-state index >= 15 is 0 Å². The van der Waals surface area contributed by atoms with Crippen LogP contribution in [0, 0.1) is 0 Å². The number of rotatable bonds is 3. The van der Waals surface area contributed by atoms with E-state index in [2.05, 4.69) is 10.1 Å². The summed E-state index contributed by atoms with van der Waals surface area (Å²) in [5, 5.41) is 11.1. The predicted molar refractivity (Wildman–Crippen MR) is 62.9 cm³/mol. The van der Waals surface area contributed by atoms with Crippen LogP contribution in [0.3, 0.4) is 0 Å². The Balaban J connectivity index is 2.19. The molecule has 1 aromatic rings. The third-order valence-corrected chi connectivity index (χ3v) is 3.76. The highest BCUT2D eigenvalue weighted by Gasteiger charge is 2.35. The van der Waals surface area contributed by atoms with E-state index in [0.717, 1.165) is 0 Å². The summed E-state index contributed by atoms with van der Waals surface area (Å²) in [5.41, 5.74) is 0.286. The van der Waals surface area contributed by atoms with Crippen molar-refractivity contribution in [3.8, 4) is 5.75 Å². The van der Waals surface area contributed by atoms with Crippen LogP contribution < -0.4 is 10.1 Å². The number of aliphatic carboxylic acids is 1. The maximum Gasteiger partial charge on any atom is 0.573 e. The minimum absolute atomic E-state index is 0.286. The standard InChI is InChI=1S/C11H10F3NO3S/c12-11(13,14)18-8-4-2-1-3-6(8)9-15-7(5-19-9)10(16)17/h1-4,7,9,15H,5H2,(H,16,17)/t7-,9+/m0/s1. The Morgan fingerprint density at radius 2 is 2.11 bits per heavy atom. The van der Waals surface area contributed by atoms with Crippen LogP contribution in [0.4, 0.5) is 13.2 Å². The molecule has 1 aromatic carbocycles. The highest BCUT2D eigenvalue weighted by Crippen LogP contribution is 2.39. The molecule has 0 spiro atoms. The molecule has 0 aliphatic carbocycles. The zero-order chi connectivity index (χ0) is 14.0. The van der Waals surface area contributed by atoms with Crippen LogP contribution in [0.15, 0.2) is 24.3 Å². The van der Waals surface area contributed by atoms with Gasteiger partial charge in [0.2, 0.25) is 0 Å². The highest BCUT2D eigenvalue weighted by atomic mass is 32.2. The Morgan fingerprint density at radius 3 is 2.68 bits per heavy atom. The number of nitrogens with one attached hydrogen (secondary N) is 1. The van der Waals surface area contributed by atoms with Crippen LogP contribution in [0.2, 0.25) is 0 Å². The normalized spacial score (nSPS) is 23.3. The average Bonchev–Trinajstić information content (AvgIpc) is 2.76. The smallest absolute Gasteiger partial charge is 0.480 e. The fourth-order valence-corrected chi connectivity index (χ4v) is 2.97. The summed E-state index contributed by atoms with van der Waals surface area (Å²) in [7, 11) is 0. The zero-order valence-corrected chi connectivity index (χ0v) is 10.3. The molecule has 19 heavy (non-hydrogen) atoms. The third kappa shape index (κ3) is 3.54. The summed E-state index contributed by atoms with van der Waals surface area (Å²) in [6, 6.07) is 4.93. The third-order valence-electron chi connectivity index (χ3n) is 2.51. The molecule has 104 valence electrons. The molecule has 2 atom stereocenters. The molecule has 0 amide bonds. The molecule has 0 radical (unpaired) electrons. The van der Waals surface area contributed by atoms with E-state index in [0.29, 0.717) is 5.75 Å². The van der Waals surface area contributed by atoms with Gasteiger partial charge in [0.1, 0.15) is 11.8 Å². The van der Waals surface area contributed by atoms with Crippen molar-refractivity contribution < 1.29 is 27.8 Å². The van der Waals surface area contributed by atoms with Gasteiger partial charge in [-0.05, 0) is 6.07 Å². The first-order valence-corrected chi connectivity index (χ1v) is 6.37. The lowest BCUT2D eigenvalue weighted by molar-refractivity contribution is -0.274. The summed E-state index contributed by atoms with van der Waals surface area (Å²) in [4.78, 5) is 10.8. The van der Waals surface area contributed by atoms with Crippen molar-refractivity contribution in [2.45, 2.75) is 17.8 Å². The van der Waals surface area contributed by atoms with Gasteiger partial charge in [0, 0.05) is 11.3 Å². The molecule has 0 aromatic heterocycles. The summed E-state index contributed by atoms with van der Waals surface area (Å²) in [6.07, 6.45) is -4.77. The predicted octanol–water partition coefficient (Wildman–Crippen LogP) is 2.37. The molecule has 2 rings (SSSR count). The maximum absolute atomic E-state index is 12.3. The van der Waals surface area contributed by atoms with Crippen LogP contribution in [0.1, 0.15) is 10.9 Å². The van der Waals surface area contributed by atoms with Gasteiger partial charge in [-0.2, -0.15) is 0 Å². The van der Waals surface area contributed by atoms with Crippen LogP contribution in [0.5, 0.6) is 5.75 Å². The van der Waals surface area contributed by atoms with Crippen molar-refractivity contribution in [3.63, 3.8) is 0 Å². The van der Waals surface area contributed by atoms with E-state index in [1.807, 2.05) is 0 Å². The summed E-state index contributed by atoms with van der Waals surface area (Å²) in [5.74, 6) is -1.05. The number of benzene rings is 1. The van der Waals surface area contributed by atoms with E-state index in [4.69, 9.17) is 5.11 Å². The van der Waals surface area contributed by atoms with E-state index in [-0.39, 0.29) is 11.3 Å². The number of hydrogen-bond acceptors (Lipinski definition) is 4. The van der Waals surface area contributed by atoms with Crippen molar-refractivity contribution in [1.82, 2.24) is 5.32 Å². The monoisotopic (exact) mass is 293 g/mol. The second-order valence-electron chi connectivity index (χ2n) is 3.86. The van der Waals surface area contributed by atoms with Crippen LogP contribution in [0.25, 0.3) is 0 Å². The van der Waals surface area contributed by atoms with Gasteiger partial charge in [-0.1, -0.05) is 18.2 Å². The Labute approximate surface area is 110 Å². The van der Waals surface area contributed by atoms with Gasteiger partial charge in [0.05, 0.1) is 5.37 Å². The van der Waals surface area contributed by atoms with Gasteiger partial charge in [-0.15, -0.1) is 24.9 Å². The number of halogens is 3. The number of para-hydroxylation sites is 1. The average molecular weight is 293 g/mol. The molecule has 2 N–H and O–H groups in total. The largest absolute Gasteiger partial charge is 0.573 e. The topological polar surface area (TPSA) is 58.6 Å². The van der Waals surface area contributed by atoms with E-state index < -0.39 is 23.7 Å². The minimum Gasteiger partial charge on any atom is -0.480 e. The second kappa shape index (κ2) is 5.30. The lowest BCUT2D eigenvalue weighted by Crippen LogP contribution is -2.33. The number of carboxylic acid groups (broad SMARTS) is 1. The molecule has 1 fully saturated rings. The number of alkyl halides is 3. The molecule has 1 heterocycles. The number of ether oxygens (including phenoxy) is 1. The van der Waals surface area contributed by atoms with Crippen molar-refractivity contribution in [2.24, 2.45) is 0 Å². The molecule has 8 heteroatoms. The maximum atomic E-state index is 12.3. The Kier molecular flexibility index (Phi) is 3.91. The molecule has 0 bridgehead atoms. The van der Waals surface area contributed by atoms with E-state index in [1.165, 1.54) is 30.0 Å². The molecular formula is C11H10F3NO3S. The van der Waals surface area contributed by atoms with Crippen LogP contribution in [-0.2, 0) is 4.79 Å². The summed E-state index contributed by atoms with van der Waals surface area (Å²) >= 11 is 1.23. The first-order chi connectivity index (χ1) is 8.87. The molecule has 1 aliphatic rings. The fourth-order valence-electron chi connectivity index (χ4n) is 1.71. The molecule has 1 aliphatic heterocycles. The Bertz CT molecular complexity index is 480. The number of carbonyl (C=O) groups is 1. The number of hydrogen-bond donors (Lipinski definition) is 2. The van der Waals surface area contributed by atoms with Crippen molar-refractivity contribution in [3.05, 3.63) is 29.8 Å². The van der Waals surface area contributed by atoms with Gasteiger partial charge in [0.15, 0.2) is 0 Å². The van der Waals surface area contributed by atoms with Crippen LogP contribution >= 0.6 is 11.8 Å². The zero-order valence-electron chi connectivity index (χ0n) is 9.48. The number of carboxylic acids is 1. The Hall–Kier alpha value is -1.41. The quantitative estimate of drug-likeness (QED) is 0.896. The van der Waals surface area contributed by atoms with E-state index in [9.17, 15) is 18.0 Å². The van der Waals surface area contributed by atoms with Gasteiger partial charge in [-0.3, -0.25) is 10.1 Å². The first-order valence-electron chi connectivity index (χ1n) is 5.32. The lowest BCUT2D eigenvalue weighted by atomic mass is 10.2. The first kappa shape index (κ1) is 14.0. The minimum atomic E-state index is -4.77. The summed E-state index contributed by atoms with van der Waals surface area (Å²) < 4.78 is 40.7. The lowest BCUT2D eigenvalue weighted by Gasteiger charge is -2.17. The van der Waals surface area contributed by atoms with Crippen molar-refractivity contribution in [1.29, 1.82) is 0 Å². The van der Waals surface area contributed by atoms with Gasteiger partial charge < -0.3 is 9.84 Å². The van der Waals surface area contributed by atoms with E-state index in [1.54, 1.807) is 6.07 Å². The SMILES string of the molecule is O=C(O)[C@@H]1CS[C@H](c2ccccc2OC(F)(F)F)N1. The van der Waals surface area contributed by atoms with Crippen LogP contribution in [-0.4, -0.2) is 29.2 Å². The van der Waals surface area contributed by atoms with Gasteiger partial charge in [-0.25, -0.2) is 0 Å². The Morgan fingerprint density at radius 1 is 1.42 bits per heavy atom. The van der Waals surface area contributed by atoms with Crippen molar-refractivity contribution in [2.75, 3.05) is 5.75 Å². The second-order valence-corrected chi connectivity index (χ2v) is 4.99. The molecular weight excluding hydrogens is 283 g/mol. The summed E-state index contributed by atoms with van der Waals surface area (Å²) in [6.45, 7) is 0.